The molecule has 1 N–H and O–H groups in total. The van der Waals surface area contributed by atoms with Gasteiger partial charge in [0.05, 0.1) is 12.6 Å². The van der Waals surface area contributed by atoms with Crippen LogP contribution in [0, 0.1) is 0 Å². The number of carbonyl (C=O) groups is 2. The summed E-state index contributed by atoms with van der Waals surface area (Å²) in [6.07, 6.45) is 7.94. The van der Waals surface area contributed by atoms with Crippen molar-refractivity contribution in [1.29, 1.82) is 0 Å². The molecule has 2 unspecified atom stereocenters. The van der Waals surface area contributed by atoms with E-state index in [0.29, 0.717) is 0 Å². The standard InChI is InChI=1S/C10H17NO5.C7H6/c1-5-15-8(12)7-6(2)11(9(13)14)10(3,4)16-7;1-2-7-4-3-6(1)5-7/h6-7H,5H2,1-4H3,(H,13,14);1-4H,5H2. The molecule has 0 saturated carbocycles. The van der Waals surface area contributed by atoms with Crippen LogP contribution in [-0.2, 0) is 14.3 Å². The highest BCUT2D eigenvalue weighted by atomic mass is 16.6. The van der Waals surface area contributed by atoms with Gasteiger partial charge in [-0.3, -0.25) is 4.90 Å². The summed E-state index contributed by atoms with van der Waals surface area (Å²) in [4.78, 5) is 23.7. The number of allylic oxidation sites excluding steroid dienone is 6. The van der Waals surface area contributed by atoms with Crippen molar-refractivity contribution in [3.05, 3.63) is 35.5 Å². The predicted molar refractivity (Wildman–Crippen MR) is 84.8 cm³/mol. The minimum absolute atomic E-state index is 0.249. The van der Waals surface area contributed by atoms with Crippen LogP contribution < -0.4 is 0 Å². The molecule has 1 fully saturated rings. The average Bonchev–Trinajstić information content (AvgIpc) is 3.14. The van der Waals surface area contributed by atoms with Crippen molar-refractivity contribution in [3.8, 4) is 0 Å². The van der Waals surface area contributed by atoms with E-state index in [1.807, 2.05) is 0 Å². The number of carboxylic acid groups (broad SMARTS) is 1. The first-order chi connectivity index (χ1) is 10.8. The van der Waals surface area contributed by atoms with Gasteiger partial charge in [0.25, 0.3) is 0 Å². The van der Waals surface area contributed by atoms with Gasteiger partial charge in [-0.2, -0.15) is 0 Å². The Kier molecular flexibility index (Phi) is 4.94. The maximum atomic E-state index is 11.5. The summed E-state index contributed by atoms with van der Waals surface area (Å²) >= 11 is 0. The zero-order valence-corrected chi connectivity index (χ0v) is 13.9. The molecule has 126 valence electrons. The van der Waals surface area contributed by atoms with Gasteiger partial charge in [-0.05, 0) is 45.3 Å². The largest absolute Gasteiger partial charge is 0.465 e. The third kappa shape index (κ3) is 3.64. The lowest BCUT2D eigenvalue weighted by Gasteiger charge is -2.29. The molecule has 1 amide bonds. The summed E-state index contributed by atoms with van der Waals surface area (Å²) in [6, 6.07) is -0.549. The highest BCUT2D eigenvalue weighted by Gasteiger charge is 2.51. The Labute approximate surface area is 136 Å². The van der Waals surface area contributed by atoms with E-state index < -0.39 is 29.9 Å². The Bertz CT molecular complexity index is 568. The molecule has 0 aromatic carbocycles. The first-order valence-electron chi connectivity index (χ1n) is 7.70. The molecule has 6 heteroatoms. The van der Waals surface area contributed by atoms with E-state index in [9.17, 15) is 9.59 Å². The summed E-state index contributed by atoms with van der Waals surface area (Å²) in [5.41, 5.74) is 1.92. The molecule has 0 spiro atoms. The minimum Gasteiger partial charge on any atom is -0.465 e. The van der Waals surface area contributed by atoms with E-state index >= 15 is 0 Å². The summed E-state index contributed by atoms with van der Waals surface area (Å²) in [7, 11) is 0. The number of fused-ring (bicyclic) bond motifs is 2. The monoisotopic (exact) mass is 321 g/mol. The smallest absolute Gasteiger partial charge is 0.409 e. The number of ether oxygens (including phenoxy) is 2. The van der Waals surface area contributed by atoms with Crippen LogP contribution in [0.25, 0.3) is 0 Å². The van der Waals surface area contributed by atoms with Gasteiger partial charge >= 0.3 is 12.1 Å². The molecule has 2 atom stereocenters. The molecule has 2 bridgehead atoms. The lowest BCUT2D eigenvalue weighted by atomic mass is 10.1. The number of nitrogens with zero attached hydrogens (tertiary/aromatic N) is 1. The second-order valence-electron chi connectivity index (χ2n) is 6.12. The van der Waals surface area contributed by atoms with Crippen LogP contribution in [0.1, 0.15) is 34.1 Å². The number of carbonyl (C=O) groups excluding carboxylic acids is 1. The maximum absolute atomic E-state index is 11.5. The second kappa shape index (κ2) is 6.58. The first-order valence-corrected chi connectivity index (χ1v) is 7.70. The van der Waals surface area contributed by atoms with Gasteiger partial charge in [-0.25, -0.2) is 9.59 Å². The molecule has 0 aromatic rings. The summed E-state index contributed by atoms with van der Waals surface area (Å²) in [5, 5.41) is 9.04. The average molecular weight is 321 g/mol. The third-order valence-corrected chi connectivity index (χ3v) is 4.00. The van der Waals surface area contributed by atoms with Crippen LogP contribution in [0.5, 0.6) is 0 Å². The normalized spacial score (nSPS) is 26.3. The summed E-state index contributed by atoms with van der Waals surface area (Å²) in [5.74, 6) is -0.521. The fourth-order valence-electron chi connectivity index (χ4n) is 2.98. The Morgan fingerprint density at radius 3 is 2.22 bits per heavy atom. The Morgan fingerprint density at radius 2 is 1.91 bits per heavy atom. The van der Waals surface area contributed by atoms with Gasteiger partial charge in [0.15, 0.2) is 6.10 Å². The van der Waals surface area contributed by atoms with Crippen LogP contribution in [0.3, 0.4) is 0 Å². The molecule has 23 heavy (non-hydrogen) atoms. The highest BCUT2D eigenvalue weighted by Crippen LogP contribution is 2.32. The zero-order chi connectivity index (χ0) is 17.2. The number of hydrogen-bond acceptors (Lipinski definition) is 4. The summed E-state index contributed by atoms with van der Waals surface area (Å²) < 4.78 is 10.3. The Hall–Kier alpha value is -2.08. The number of esters is 1. The SMILES string of the molecule is C1=CC2=CC=C1C2.CCOC(=O)C1OC(C)(C)N(C(=O)O)C1C. The van der Waals surface area contributed by atoms with Crippen LogP contribution in [0.2, 0.25) is 0 Å². The van der Waals surface area contributed by atoms with Crippen molar-refractivity contribution in [1.82, 2.24) is 4.90 Å². The van der Waals surface area contributed by atoms with Gasteiger partial charge in [-0.15, -0.1) is 0 Å². The molecule has 0 aromatic heterocycles. The van der Waals surface area contributed by atoms with Crippen LogP contribution in [-0.4, -0.2) is 46.5 Å². The quantitative estimate of drug-likeness (QED) is 0.791. The molecule has 3 aliphatic rings. The van der Waals surface area contributed by atoms with E-state index in [1.165, 1.54) is 17.6 Å². The van der Waals surface area contributed by atoms with Gasteiger partial charge in [0.1, 0.15) is 5.72 Å². The molecule has 1 saturated heterocycles. The fraction of sp³-hybridized carbons (Fsp3) is 0.529. The lowest BCUT2D eigenvalue weighted by Crippen LogP contribution is -2.47. The van der Waals surface area contributed by atoms with Crippen molar-refractivity contribution >= 4 is 12.1 Å². The van der Waals surface area contributed by atoms with Crippen LogP contribution >= 0.6 is 0 Å². The molecule has 3 rings (SSSR count). The van der Waals surface area contributed by atoms with Crippen LogP contribution in [0.15, 0.2) is 35.5 Å². The second-order valence-corrected chi connectivity index (χ2v) is 6.12. The van der Waals surface area contributed by atoms with Gasteiger partial charge in [-0.1, -0.05) is 24.3 Å². The van der Waals surface area contributed by atoms with E-state index in [4.69, 9.17) is 14.6 Å². The molecular formula is C17H23NO5. The summed E-state index contributed by atoms with van der Waals surface area (Å²) in [6.45, 7) is 6.79. The van der Waals surface area contributed by atoms with Crippen molar-refractivity contribution < 1.29 is 24.2 Å². The Balaban J connectivity index is 0.000000223. The van der Waals surface area contributed by atoms with Gasteiger partial charge in [0, 0.05) is 0 Å². The van der Waals surface area contributed by atoms with E-state index in [0.717, 1.165) is 4.90 Å². The molecule has 6 nitrogen and oxygen atoms in total. The Morgan fingerprint density at radius 1 is 1.35 bits per heavy atom. The van der Waals surface area contributed by atoms with Crippen LogP contribution in [0.4, 0.5) is 4.79 Å². The molecular weight excluding hydrogens is 298 g/mol. The minimum atomic E-state index is -1.11. The first kappa shape index (κ1) is 17.3. The van der Waals surface area contributed by atoms with E-state index in [-0.39, 0.29) is 6.61 Å². The van der Waals surface area contributed by atoms with Crippen molar-refractivity contribution in [3.63, 3.8) is 0 Å². The molecule has 1 aliphatic heterocycles. The predicted octanol–water partition coefficient (Wildman–Crippen LogP) is 2.87. The van der Waals surface area contributed by atoms with Crippen molar-refractivity contribution in [2.75, 3.05) is 6.61 Å². The fourth-order valence-corrected chi connectivity index (χ4v) is 2.98. The van der Waals surface area contributed by atoms with Crippen molar-refractivity contribution in [2.45, 2.75) is 52.0 Å². The van der Waals surface area contributed by atoms with E-state index in [1.54, 1.807) is 27.7 Å². The number of rotatable bonds is 2. The number of hydrogen-bond donors (Lipinski definition) is 1. The molecule has 1 heterocycles. The van der Waals surface area contributed by atoms with Gasteiger partial charge in [0.2, 0.25) is 0 Å². The maximum Gasteiger partial charge on any atom is 0.409 e. The zero-order valence-electron chi connectivity index (χ0n) is 13.9. The van der Waals surface area contributed by atoms with Gasteiger partial charge < -0.3 is 14.6 Å². The highest BCUT2D eigenvalue weighted by molar-refractivity contribution is 5.78. The lowest BCUT2D eigenvalue weighted by molar-refractivity contribution is -0.160. The van der Waals surface area contributed by atoms with E-state index in [2.05, 4.69) is 24.3 Å². The third-order valence-electron chi connectivity index (χ3n) is 4.00. The number of amides is 1. The van der Waals surface area contributed by atoms with Crippen molar-refractivity contribution in [2.24, 2.45) is 0 Å². The molecule has 2 aliphatic carbocycles. The molecule has 0 radical (unpaired) electrons. The topological polar surface area (TPSA) is 76.1 Å².